The van der Waals surface area contributed by atoms with Crippen LogP contribution < -0.4 is 5.32 Å². The summed E-state index contributed by atoms with van der Waals surface area (Å²) in [4.78, 5) is 2.84. The number of nitrogens with one attached hydrogen (secondary N) is 1. The number of rotatable bonds is 1. The Hall–Kier alpha value is -0.0800. The van der Waals surface area contributed by atoms with Crippen LogP contribution in [0.25, 0.3) is 0 Å². The fraction of sp³-hybridized carbons (Fsp3) is 1.00. The highest BCUT2D eigenvalue weighted by Crippen LogP contribution is 2.48. The highest BCUT2D eigenvalue weighted by Gasteiger charge is 2.45. The molecule has 4 bridgehead atoms. The first-order chi connectivity index (χ1) is 10.8. The Morgan fingerprint density at radius 2 is 1.55 bits per heavy atom. The minimum Gasteiger partial charge on any atom is -0.315 e. The lowest BCUT2D eigenvalue weighted by molar-refractivity contribution is 0.0699. The van der Waals surface area contributed by atoms with Gasteiger partial charge in [0.25, 0.3) is 0 Å². The average Bonchev–Trinajstić information content (AvgIpc) is 3.20. The third-order valence-electron chi connectivity index (χ3n) is 7.58. The maximum atomic E-state index is 3.53. The van der Waals surface area contributed by atoms with E-state index < -0.39 is 0 Å². The van der Waals surface area contributed by atoms with Crippen LogP contribution in [0.4, 0.5) is 0 Å². The maximum Gasteiger partial charge on any atom is 0.0212 e. The van der Waals surface area contributed by atoms with Gasteiger partial charge < -0.3 is 5.32 Å². The SMILES string of the molecule is C1CC2CCC1C2.C1CNCCN(C23CCCC(CC2)C3)C1. The monoisotopic (exact) mass is 304 g/mol. The zero-order chi connectivity index (χ0) is 14.8. The summed E-state index contributed by atoms with van der Waals surface area (Å²) in [5, 5.41) is 3.53. The van der Waals surface area contributed by atoms with Gasteiger partial charge in [0.15, 0.2) is 0 Å². The highest BCUT2D eigenvalue weighted by molar-refractivity contribution is 5.01. The molecule has 0 aromatic carbocycles. The Bertz CT molecular complexity index is 339. The van der Waals surface area contributed by atoms with Crippen LogP contribution in [0.1, 0.15) is 77.0 Å². The molecule has 5 rings (SSSR count). The van der Waals surface area contributed by atoms with E-state index in [2.05, 4.69) is 10.2 Å². The van der Waals surface area contributed by atoms with Crippen molar-refractivity contribution in [2.75, 3.05) is 26.2 Å². The van der Waals surface area contributed by atoms with Gasteiger partial charge in [0.05, 0.1) is 0 Å². The third-order valence-corrected chi connectivity index (χ3v) is 7.58. The summed E-state index contributed by atoms with van der Waals surface area (Å²) in [5.74, 6) is 3.42. The molecule has 2 atom stereocenters. The molecular formula is C20H36N2. The van der Waals surface area contributed by atoms with Crippen LogP contribution in [0.5, 0.6) is 0 Å². The summed E-state index contributed by atoms with van der Waals surface area (Å²) >= 11 is 0. The summed E-state index contributed by atoms with van der Waals surface area (Å²) in [6, 6.07) is 0. The second-order valence-electron chi connectivity index (χ2n) is 8.94. The van der Waals surface area contributed by atoms with Crippen LogP contribution in [-0.4, -0.2) is 36.6 Å². The van der Waals surface area contributed by atoms with Crippen molar-refractivity contribution >= 4 is 0 Å². The van der Waals surface area contributed by atoms with Gasteiger partial charge in [-0.2, -0.15) is 0 Å². The van der Waals surface area contributed by atoms with Crippen molar-refractivity contribution in [3.05, 3.63) is 0 Å². The van der Waals surface area contributed by atoms with Crippen molar-refractivity contribution in [3.8, 4) is 0 Å². The topological polar surface area (TPSA) is 15.3 Å². The first-order valence-corrected chi connectivity index (χ1v) is 10.3. The van der Waals surface area contributed by atoms with Crippen LogP contribution >= 0.6 is 0 Å². The molecule has 0 aromatic heterocycles. The van der Waals surface area contributed by atoms with E-state index in [-0.39, 0.29) is 0 Å². The third kappa shape index (κ3) is 3.24. The van der Waals surface area contributed by atoms with E-state index in [0.717, 1.165) is 5.92 Å². The molecular weight excluding hydrogens is 268 g/mol. The zero-order valence-corrected chi connectivity index (χ0v) is 14.5. The van der Waals surface area contributed by atoms with Gasteiger partial charge in [0.2, 0.25) is 0 Å². The van der Waals surface area contributed by atoms with E-state index in [1.807, 2.05) is 0 Å². The molecule has 2 heteroatoms. The molecule has 2 nitrogen and oxygen atoms in total. The number of nitrogens with zero attached hydrogens (tertiary/aromatic N) is 1. The summed E-state index contributed by atoms with van der Waals surface area (Å²) < 4.78 is 0. The van der Waals surface area contributed by atoms with Crippen molar-refractivity contribution in [2.24, 2.45) is 17.8 Å². The van der Waals surface area contributed by atoms with Gasteiger partial charge in [-0.3, -0.25) is 4.90 Å². The Morgan fingerprint density at radius 1 is 0.727 bits per heavy atom. The van der Waals surface area contributed by atoms with E-state index in [1.54, 1.807) is 32.1 Å². The lowest BCUT2D eigenvalue weighted by Gasteiger charge is -2.43. The van der Waals surface area contributed by atoms with Gasteiger partial charge in [-0.05, 0) is 69.4 Å². The minimum absolute atomic E-state index is 0.648. The smallest absolute Gasteiger partial charge is 0.0212 e. The molecule has 1 saturated heterocycles. The maximum absolute atomic E-state index is 3.53. The van der Waals surface area contributed by atoms with Crippen molar-refractivity contribution in [1.29, 1.82) is 0 Å². The first-order valence-electron chi connectivity index (χ1n) is 10.3. The van der Waals surface area contributed by atoms with Crippen molar-refractivity contribution in [3.63, 3.8) is 0 Å². The summed E-state index contributed by atoms with van der Waals surface area (Å²) in [7, 11) is 0. The van der Waals surface area contributed by atoms with Gasteiger partial charge >= 0.3 is 0 Å². The largest absolute Gasteiger partial charge is 0.315 e. The van der Waals surface area contributed by atoms with Crippen molar-refractivity contribution in [2.45, 2.75) is 82.6 Å². The lowest BCUT2D eigenvalue weighted by Crippen LogP contribution is -2.49. The van der Waals surface area contributed by atoms with E-state index in [1.165, 1.54) is 83.0 Å². The second kappa shape index (κ2) is 6.81. The number of hydrogen-bond donors (Lipinski definition) is 1. The van der Waals surface area contributed by atoms with Crippen LogP contribution in [0.2, 0.25) is 0 Å². The summed E-state index contributed by atoms with van der Waals surface area (Å²) in [5.41, 5.74) is 0.648. The van der Waals surface area contributed by atoms with Crippen LogP contribution in [0.3, 0.4) is 0 Å². The summed E-state index contributed by atoms with van der Waals surface area (Å²) in [6.07, 6.45) is 18.2. The molecule has 1 N–H and O–H groups in total. The van der Waals surface area contributed by atoms with Crippen molar-refractivity contribution in [1.82, 2.24) is 10.2 Å². The Balaban J connectivity index is 0.000000148. The molecule has 0 aromatic rings. The molecule has 0 amide bonds. The van der Waals surface area contributed by atoms with E-state index >= 15 is 0 Å². The fourth-order valence-electron chi connectivity index (χ4n) is 6.35. The highest BCUT2D eigenvalue weighted by atomic mass is 15.2. The van der Waals surface area contributed by atoms with E-state index in [9.17, 15) is 0 Å². The van der Waals surface area contributed by atoms with Crippen molar-refractivity contribution < 1.29 is 0 Å². The van der Waals surface area contributed by atoms with Crippen LogP contribution in [0, 0.1) is 17.8 Å². The fourth-order valence-corrected chi connectivity index (χ4v) is 6.35. The quantitative estimate of drug-likeness (QED) is 0.781. The zero-order valence-electron chi connectivity index (χ0n) is 14.5. The van der Waals surface area contributed by atoms with Gasteiger partial charge in [-0.25, -0.2) is 0 Å². The van der Waals surface area contributed by atoms with Gasteiger partial charge in [-0.1, -0.05) is 38.5 Å². The number of hydrogen-bond acceptors (Lipinski definition) is 2. The standard InChI is InChI=1S/C13H24N2.C7H12/c1-3-12-4-6-13(5-1,11-12)15-9-2-7-14-8-10-15;1-2-7-4-3-6(1)5-7/h12,14H,1-11H2;6-7H,1-5H2. The normalized spacial score (nSPS) is 44.5. The van der Waals surface area contributed by atoms with E-state index in [4.69, 9.17) is 0 Å². The van der Waals surface area contributed by atoms with Gasteiger partial charge in [-0.15, -0.1) is 0 Å². The van der Waals surface area contributed by atoms with Crippen LogP contribution in [0.15, 0.2) is 0 Å². The molecule has 1 aliphatic heterocycles. The molecule has 22 heavy (non-hydrogen) atoms. The molecule has 1 heterocycles. The molecule has 4 saturated carbocycles. The average molecular weight is 305 g/mol. The Morgan fingerprint density at radius 3 is 2.27 bits per heavy atom. The predicted molar refractivity (Wildman–Crippen MR) is 93.0 cm³/mol. The second-order valence-corrected chi connectivity index (χ2v) is 8.94. The molecule has 5 fully saturated rings. The molecule has 4 aliphatic carbocycles. The van der Waals surface area contributed by atoms with Gasteiger partial charge in [0.1, 0.15) is 0 Å². The van der Waals surface area contributed by atoms with Crippen LogP contribution in [-0.2, 0) is 0 Å². The number of fused-ring (bicyclic) bond motifs is 4. The first kappa shape index (κ1) is 15.4. The molecule has 126 valence electrons. The van der Waals surface area contributed by atoms with E-state index in [0.29, 0.717) is 5.54 Å². The summed E-state index contributed by atoms with van der Waals surface area (Å²) in [6.45, 7) is 5.09. The molecule has 0 spiro atoms. The minimum atomic E-state index is 0.648. The van der Waals surface area contributed by atoms with Gasteiger partial charge in [0, 0.05) is 18.6 Å². The molecule has 0 radical (unpaired) electrons. The Labute approximate surface area is 137 Å². The molecule has 5 aliphatic rings. The molecule has 2 unspecified atom stereocenters. The lowest BCUT2D eigenvalue weighted by atomic mass is 9.81. The predicted octanol–water partition coefficient (Wildman–Crippen LogP) is 4.20. The Kier molecular flexibility index (Phi) is 4.78.